The maximum absolute atomic E-state index is 12.3. The first kappa shape index (κ1) is 15.4. The van der Waals surface area contributed by atoms with E-state index < -0.39 is 0 Å². The van der Waals surface area contributed by atoms with Gasteiger partial charge in [0.15, 0.2) is 0 Å². The van der Waals surface area contributed by atoms with Crippen LogP contribution in [-0.4, -0.2) is 74.2 Å². The first-order valence-electron chi connectivity index (χ1n) is 6.84. The highest BCUT2D eigenvalue weighted by Gasteiger charge is 2.28. The Bertz CT molecular complexity index is 261. The van der Waals surface area contributed by atoms with Crippen molar-refractivity contribution in [3.05, 3.63) is 0 Å². The van der Waals surface area contributed by atoms with Crippen LogP contribution >= 0.6 is 0 Å². The van der Waals surface area contributed by atoms with Crippen LogP contribution < -0.4 is 0 Å². The van der Waals surface area contributed by atoms with Gasteiger partial charge in [0.1, 0.15) is 0 Å². The molecule has 0 saturated carbocycles. The molecule has 1 heterocycles. The van der Waals surface area contributed by atoms with Crippen molar-refractivity contribution in [1.29, 1.82) is 0 Å². The van der Waals surface area contributed by atoms with Gasteiger partial charge in [-0.15, -0.1) is 0 Å². The minimum absolute atomic E-state index is 0.0357. The molecule has 0 radical (unpaired) electrons. The summed E-state index contributed by atoms with van der Waals surface area (Å²) in [6, 6.07) is -0.0357. The third-order valence-electron chi connectivity index (χ3n) is 3.63. The molecule has 1 fully saturated rings. The van der Waals surface area contributed by atoms with Crippen molar-refractivity contribution in [2.75, 3.05) is 47.4 Å². The Balaban J connectivity index is 2.67. The third-order valence-corrected chi connectivity index (χ3v) is 3.63. The summed E-state index contributed by atoms with van der Waals surface area (Å²) in [5.41, 5.74) is 0. The van der Waals surface area contributed by atoms with E-state index in [9.17, 15) is 4.79 Å². The van der Waals surface area contributed by atoms with E-state index in [1.807, 2.05) is 0 Å². The van der Waals surface area contributed by atoms with E-state index in [-0.39, 0.29) is 11.9 Å². The Morgan fingerprint density at radius 3 is 2.67 bits per heavy atom. The number of nitrogens with zero attached hydrogens (tertiary/aromatic N) is 3. The van der Waals surface area contributed by atoms with Crippen LogP contribution in [0.1, 0.15) is 26.2 Å². The summed E-state index contributed by atoms with van der Waals surface area (Å²) >= 11 is 0. The van der Waals surface area contributed by atoms with Crippen molar-refractivity contribution < 1.29 is 9.63 Å². The molecule has 1 rings (SSSR count). The maximum atomic E-state index is 12.3. The predicted octanol–water partition coefficient (Wildman–Crippen LogP) is 0.812. The smallest absolute Gasteiger partial charge is 0.263 e. The average molecular weight is 257 g/mol. The van der Waals surface area contributed by atoms with Gasteiger partial charge in [0.2, 0.25) is 0 Å². The number of likely N-dealkylation sites (N-methyl/N-ethyl adjacent to an activating group) is 2. The number of hydrogen-bond donors (Lipinski definition) is 0. The van der Waals surface area contributed by atoms with Gasteiger partial charge in [-0.2, -0.15) is 0 Å². The van der Waals surface area contributed by atoms with Gasteiger partial charge >= 0.3 is 0 Å². The lowest BCUT2D eigenvalue weighted by Crippen LogP contribution is -2.48. The first-order valence-corrected chi connectivity index (χ1v) is 6.84. The zero-order valence-corrected chi connectivity index (χ0v) is 12.2. The summed E-state index contributed by atoms with van der Waals surface area (Å²) in [6.07, 6.45) is 3.04. The lowest BCUT2D eigenvalue weighted by Gasteiger charge is -2.31. The van der Waals surface area contributed by atoms with E-state index >= 15 is 0 Å². The molecule has 1 atom stereocenters. The van der Waals surface area contributed by atoms with E-state index in [1.54, 1.807) is 7.05 Å². The fraction of sp³-hybridized carbons (Fsp3) is 0.923. The zero-order chi connectivity index (χ0) is 13.5. The number of hydrogen-bond acceptors (Lipinski definition) is 4. The van der Waals surface area contributed by atoms with Gasteiger partial charge in [-0.05, 0) is 26.4 Å². The van der Waals surface area contributed by atoms with Gasteiger partial charge in [0, 0.05) is 26.7 Å². The monoisotopic (exact) mass is 257 g/mol. The summed E-state index contributed by atoms with van der Waals surface area (Å²) in [4.78, 5) is 22.0. The molecule has 5 nitrogen and oxygen atoms in total. The second kappa shape index (κ2) is 7.71. The number of carbonyl (C=O) groups is 1. The van der Waals surface area contributed by atoms with Crippen LogP contribution in [0.25, 0.3) is 0 Å². The molecular formula is C13H27N3O2. The number of amides is 1. The standard InChI is InChI=1S/C13H27N3O2/c1-5-7-12(13(17)15(3)18-4)16-9-6-8-14(2)10-11-16/h12H,5-11H2,1-4H3. The van der Waals surface area contributed by atoms with Crippen LogP contribution in [0, 0.1) is 0 Å². The van der Waals surface area contributed by atoms with Gasteiger partial charge in [-0.3, -0.25) is 14.5 Å². The molecular weight excluding hydrogens is 230 g/mol. The molecule has 1 unspecified atom stereocenters. The van der Waals surface area contributed by atoms with Gasteiger partial charge < -0.3 is 4.90 Å². The Morgan fingerprint density at radius 2 is 2.06 bits per heavy atom. The van der Waals surface area contributed by atoms with E-state index in [0.717, 1.165) is 45.4 Å². The SMILES string of the molecule is CCCC(C(=O)N(C)OC)N1CCCN(C)CC1. The number of hydroxylamine groups is 2. The molecule has 0 aromatic rings. The number of rotatable bonds is 5. The molecule has 0 aromatic carbocycles. The van der Waals surface area contributed by atoms with Gasteiger partial charge in [0.05, 0.1) is 13.2 Å². The van der Waals surface area contributed by atoms with Crippen molar-refractivity contribution >= 4 is 5.91 Å². The molecule has 1 aliphatic rings. The second-order valence-electron chi connectivity index (χ2n) is 5.02. The molecule has 0 spiro atoms. The van der Waals surface area contributed by atoms with Crippen molar-refractivity contribution in [1.82, 2.24) is 14.9 Å². The van der Waals surface area contributed by atoms with Crippen LogP contribution in [0.15, 0.2) is 0 Å². The Kier molecular flexibility index (Phi) is 6.60. The largest absolute Gasteiger partial charge is 0.305 e. The van der Waals surface area contributed by atoms with Crippen LogP contribution in [0.3, 0.4) is 0 Å². The molecule has 106 valence electrons. The minimum Gasteiger partial charge on any atom is -0.305 e. The summed E-state index contributed by atoms with van der Waals surface area (Å²) in [5.74, 6) is 0.0731. The van der Waals surface area contributed by atoms with Crippen LogP contribution in [0.2, 0.25) is 0 Å². The van der Waals surface area contributed by atoms with Crippen molar-refractivity contribution in [3.63, 3.8) is 0 Å². The van der Waals surface area contributed by atoms with Crippen LogP contribution in [-0.2, 0) is 9.63 Å². The predicted molar refractivity (Wildman–Crippen MR) is 72.2 cm³/mol. The summed E-state index contributed by atoms with van der Waals surface area (Å²) in [5, 5.41) is 1.36. The molecule has 0 bridgehead atoms. The molecule has 1 amide bonds. The topological polar surface area (TPSA) is 36.0 Å². The Hall–Kier alpha value is -0.650. The molecule has 1 aliphatic heterocycles. The molecule has 18 heavy (non-hydrogen) atoms. The zero-order valence-electron chi connectivity index (χ0n) is 12.2. The van der Waals surface area contributed by atoms with Crippen LogP contribution in [0.4, 0.5) is 0 Å². The molecule has 1 saturated heterocycles. The second-order valence-corrected chi connectivity index (χ2v) is 5.02. The van der Waals surface area contributed by atoms with Crippen molar-refractivity contribution in [3.8, 4) is 0 Å². The molecule has 0 aromatic heterocycles. The van der Waals surface area contributed by atoms with E-state index in [4.69, 9.17) is 4.84 Å². The first-order chi connectivity index (χ1) is 8.60. The van der Waals surface area contributed by atoms with Crippen molar-refractivity contribution in [2.24, 2.45) is 0 Å². The lowest BCUT2D eigenvalue weighted by molar-refractivity contribution is -0.175. The summed E-state index contributed by atoms with van der Waals surface area (Å²) < 4.78 is 0. The van der Waals surface area contributed by atoms with E-state index in [2.05, 4.69) is 23.8 Å². The summed E-state index contributed by atoms with van der Waals surface area (Å²) in [7, 11) is 5.37. The van der Waals surface area contributed by atoms with Gasteiger partial charge in [0.25, 0.3) is 5.91 Å². The van der Waals surface area contributed by atoms with E-state index in [0.29, 0.717) is 0 Å². The van der Waals surface area contributed by atoms with Crippen molar-refractivity contribution in [2.45, 2.75) is 32.2 Å². The normalized spacial score (nSPS) is 20.4. The highest BCUT2D eigenvalue weighted by atomic mass is 16.7. The van der Waals surface area contributed by atoms with Gasteiger partial charge in [-0.25, -0.2) is 5.06 Å². The Morgan fingerprint density at radius 1 is 1.33 bits per heavy atom. The van der Waals surface area contributed by atoms with Crippen LogP contribution in [0.5, 0.6) is 0 Å². The quantitative estimate of drug-likeness (QED) is 0.683. The van der Waals surface area contributed by atoms with E-state index in [1.165, 1.54) is 12.2 Å². The lowest BCUT2D eigenvalue weighted by atomic mass is 10.1. The average Bonchev–Trinajstić information content (AvgIpc) is 2.59. The fourth-order valence-electron chi connectivity index (χ4n) is 2.41. The highest BCUT2D eigenvalue weighted by molar-refractivity contribution is 5.80. The fourth-order valence-corrected chi connectivity index (χ4v) is 2.41. The molecule has 5 heteroatoms. The molecule has 0 N–H and O–H groups in total. The maximum Gasteiger partial charge on any atom is 0.263 e. The number of carbonyl (C=O) groups excluding carboxylic acids is 1. The summed E-state index contributed by atoms with van der Waals surface area (Å²) in [6.45, 7) is 6.23. The molecule has 0 aliphatic carbocycles. The third kappa shape index (κ3) is 4.23. The Labute approximate surface area is 111 Å². The highest BCUT2D eigenvalue weighted by Crippen LogP contribution is 2.13. The van der Waals surface area contributed by atoms with Gasteiger partial charge in [-0.1, -0.05) is 13.3 Å². The minimum atomic E-state index is -0.0357.